The molecule has 25 heavy (non-hydrogen) atoms. The molecule has 1 N–H and O–H groups in total. The fourth-order valence-electron chi connectivity index (χ4n) is 3.29. The molecule has 0 aliphatic carbocycles. The van der Waals surface area contributed by atoms with Crippen molar-refractivity contribution in [1.82, 2.24) is 14.7 Å². The molecule has 2 amide bonds. The summed E-state index contributed by atoms with van der Waals surface area (Å²) < 4.78 is 1.84. The van der Waals surface area contributed by atoms with Gasteiger partial charge in [0, 0.05) is 18.8 Å². The molecule has 6 heteroatoms. The number of amides is 2. The van der Waals surface area contributed by atoms with E-state index in [4.69, 9.17) is 0 Å². The van der Waals surface area contributed by atoms with E-state index in [0.717, 1.165) is 19.4 Å². The molecule has 0 saturated carbocycles. The molecule has 1 fully saturated rings. The quantitative estimate of drug-likeness (QED) is 0.758. The number of carbonyl (C=O) groups excluding carboxylic acids is 1. The summed E-state index contributed by atoms with van der Waals surface area (Å²) in [4.78, 5) is 14.6. The molecular weight excluding hydrogens is 332 g/mol. The molecule has 1 atom stereocenters. The van der Waals surface area contributed by atoms with E-state index in [9.17, 15) is 4.79 Å². The molecule has 0 spiro atoms. The third-order valence-corrected chi connectivity index (χ3v) is 5.21. The Morgan fingerprint density at radius 3 is 2.92 bits per heavy atom. The SMILES string of the molecule is O=C(Nc1ccn(Cc2ccccc2)n1)N1CCCC1c1ccsc1. The largest absolute Gasteiger partial charge is 0.323 e. The van der Waals surface area contributed by atoms with Gasteiger partial charge < -0.3 is 4.90 Å². The molecule has 128 valence electrons. The van der Waals surface area contributed by atoms with E-state index >= 15 is 0 Å². The minimum Gasteiger partial charge on any atom is -0.317 e. The van der Waals surface area contributed by atoms with Crippen LogP contribution >= 0.6 is 11.3 Å². The second-order valence-electron chi connectivity index (χ2n) is 6.22. The van der Waals surface area contributed by atoms with E-state index in [1.54, 1.807) is 11.3 Å². The average Bonchev–Trinajstić information content (AvgIpc) is 3.37. The Labute approximate surface area is 150 Å². The van der Waals surface area contributed by atoms with Crippen LogP contribution in [0.3, 0.4) is 0 Å². The predicted octanol–water partition coefficient (Wildman–Crippen LogP) is 4.36. The number of hydrogen-bond acceptors (Lipinski definition) is 3. The van der Waals surface area contributed by atoms with Gasteiger partial charge in [-0.05, 0) is 40.8 Å². The van der Waals surface area contributed by atoms with Crippen LogP contribution in [0.5, 0.6) is 0 Å². The first-order valence-corrected chi connectivity index (χ1v) is 9.41. The van der Waals surface area contributed by atoms with Crippen molar-refractivity contribution in [3.05, 3.63) is 70.5 Å². The molecule has 0 bridgehead atoms. The lowest BCUT2D eigenvalue weighted by Gasteiger charge is -2.24. The highest BCUT2D eigenvalue weighted by atomic mass is 32.1. The van der Waals surface area contributed by atoms with Gasteiger partial charge in [-0.1, -0.05) is 30.3 Å². The molecule has 1 aromatic carbocycles. The number of benzene rings is 1. The number of aromatic nitrogens is 2. The van der Waals surface area contributed by atoms with Crippen molar-refractivity contribution in [2.75, 3.05) is 11.9 Å². The molecule has 4 rings (SSSR count). The van der Waals surface area contributed by atoms with Crippen LogP contribution in [0.2, 0.25) is 0 Å². The molecule has 2 aromatic heterocycles. The number of rotatable bonds is 4. The minimum absolute atomic E-state index is 0.0707. The third-order valence-electron chi connectivity index (χ3n) is 4.50. The Bertz CT molecular complexity index is 828. The van der Waals surface area contributed by atoms with Crippen LogP contribution in [0.1, 0.15) is 30.0 Å². The Hall–Kier alpha value is -2.60. The number of nitrogens with zero attached hydrogens (tertiary/aromatic N) is 3. The van der Waals surface area contributed by atoms with E-state index < -0.39 is 0 Å². The Kier molecular flexibility index (Phi) is 4.52. The van der Waals surface area contributed by atoms with Crippen molar-refractivity contribution in [2.24, 2.45) is 0 Å². The van der Waals surface area contributed by atoms with E-state index in [1.807, 2.05) is 40.0 Å². The highest BCUT2D eigenvalue weighted by molar-refractivity contribution is 7.08. The number of anilines is 1. The highest BCUT2D eigenvalue weighted by Crippen LogP contribution is 2.33. The number of carbonyl (C=O) groups is 1. The Morgan fingerprint density at radius 1 is 1.24 bits per heavy atom. The molecule has 1 aliphatic heterocycles. The molecule has 1 aliphatic rings. The second kappa shape index (κ2) is 7.11. The minimum atomic E-state index is -0.0707. The molecule has 1 unspecified atom stereocenters. The number of hydrogen-bond donors (Lipinski definition) is 1. The maximum Gasteiger partial charge on any atom is 0.323 e. The first-order valence-electron chi connectivity index (χ1n) is 8.47. The maximum absolute atomic E-state index is 12.7. The van der Waals surface area contributed by atoms with Gasteiger partial charge in [-0.3, -0.25) is 10.00 Å². The van der Waals surface area contributed by atoms with Crippen molar-refractivity contribution in [1.29, 1.82) is 0 Å². The average molecular weight is 352 g/mol. The third kappa shape index (κ3) is 3.58. The first kappa shape index (κ1) is 15.9. The zero-order valence-corrected chi connectivity index (χ0v) is 14.7. The van der Waals surface area contributed by atoms with Crippen molar-refractivity contribution < 1.29 is 4.79 Å². The summed E-state index contributed by atoms with van der Waals surface area (Å²) in [6.07, 6.45) is 3.95. The Balaban J connectivity index is 1.41. The van der Waals surface area contributed by atoms with Crippen LogP contribution in [-0.4, -0.2) is 27.3 Å². The van der Waals surface area contributed by atoms with Crippen LogP contribution in [0, 0.1) is 0 Å². The molecule has 3 aromatic rings. The van der Waals surface area contributed by atoms with Crippen molar-refractivity contribution in [3.8, 4) is 0 Å². The first-order chi connectivity index (χ1) is 12.3. The summed E-state index contributed by atoms with van der Waals surface area (Å²) in [7, 11) is 0. The van der Waals surface area contributed by atoms with Crippen LogP contribution in [0.25, 0.3) is 0 Å². The van der Waals surface area contributed by atoms with Crippen LogP contribution < -0.4 is 5.32 Å². The summed E-state index contributed by atoms with van der Waals surface area (Å²) in [6, 6.07) is 14.2. The van der Waals surface area contributed by atoms with Crippen molar-refractivity contribution >= 4 is 23.2 Å². The van der Waals surface area contributed by atoms with E-state index in [2.05, 4.69) is 39.4 Å². The standard InChI is InChI=1S/C19H20N4OS/c24-19(23-10-4-7-17(23)16-9-12-25-14-16)20-18-8-11-22(21-18)13-15-5-2-1-3-6-15/h1-3,5-6,8-9,11-12,14,17H,4,7,10,13H2,(H,20,21,24). The molecular formula is C19H20N4OS. The predicted molar refractivity (Wildman–Crippen MR) is 99.8 cm³/mol. The van der Waals surface area contributed by atoms with Gasteiger partial charge in [0.2, 0.25) is 0 Å². The van der Waals surface area contributed by atoms with Gasteiger partial charge in [-0.15, -0.1) is 0 Å². The summed E-state index contributed by atoms with van der Waals surface area (Å²) in [5.74, 6) is 0.594. The number of thiophene rings is 1. The van der Waals surface area contributed by atoms with Crippen LogP contribution in [-0.2, 0) is 6.54 Å². The summed E-state index contributed by atoms with van der Waals surface area (Å²) in [5, 5.41) is 11.6. The lowest BCUT2D eigenvalue weighted by Crippen LogP contribution is -2.34. The smallest absolute Gasteiger partial charge is 0.317 e. The fourth-order valence-corrected chi connectivity index (χ4v) is 4.00. The van der Waals surface area contributed by atoms with Crippen molar-refractivity contribution in [3.63, 3.8) is 0 Å². The highest BCUT2D eigenvalue weighted by Gasteiger charge is 2.30. The van der Waals surface area contributed by atoms with Gasteiger partial charge in [0.25, 0.3) is 0 Å². The normalized spacial score (nSPS) is 17.0. The van der Waals surface area contributed by atoms with Gasteiger partial charge in [0.05, 0.1) is 12.6 Å². The number of likely N-dealkylation sites (tertiary alicyclic amines) is 1. The van der Waals surface area contributed by atoms with Gasteiger partial charge in [-0.25, -0.2) is 4.79 Å². The second-order valence-corrected chi connectivity index (χ2v) is 7.00. The summed E-state index contributed by atoms with van der Waals surface area (Å²) >= 11 is 1.67. The number of urea groups is 1. The molecule has 1 saturated heterocycles. The van der Waals surface area contributed by atoms with E-state index in [1.165, 1.54) is 11.1 Å². The molecule has 0 radical (unpaired) electrons. The Morgan fingerprint density at radius 2 is 2.12 bits per heavy atom. The van der Waals surface area contributed by atoms with Crippen LogP contribution in [0.15, 0.2) is 59.4 Å². The topological polar surface area (TPSA) is 50.2 Å². The fraction of sp³-hybridized carbons (Fsp3) is 0.263. The molecule has 5 nitrogen and oxygen atoms in total. The maximum atomic E-state index is 12.7. The zero-order chi connectivity index (χ0) is 17.1. The van der Waals surface area contributed by atoms with Gasteiger partial charge in [-0.2, -0.15) is 16.4 Å². The van der Waals surface area contributed by atoms with Gasteiger partial charge in [0.15, 0.2) is 5.82 Å². The lowest BCUT2D eigenvalue weighted by atomic mass is 10.1. The zero-order valence-electron chi connectivity index (χ0n) is 13.8. The summed E-state index contributed by atoms with van der Waals surface area (Å²) in [6.45, 7) is 1.48. The van der Waals surface area contributed by atoms with E-state index in [-0.39, 0.29) is 12.1 Å². The van der Waals surface area contributed by atoms with Gasteiger partial charge in [0.1, 0.15) is 0 Å². The van der Waals surface area contributed by atoms with E-state index in [0.29, 0.717) is 12.4 Å². The molecule has 3 heterocycles. The lowest BCUT2D eigenvalue weighted by molar-refractivity contribution is 0.207. The van der Waals surface area contributed by atoms with Crippen molar-refractivity contribution in [2.45, 2.75) is 25.4 Å². The van der Waals surface area contributed by atoms with Gasteiger partial charge >= 0.3 is 6.03 Å². The van der Waals surface area contributed by atoms with Crippen LogP contribution in [0.4, 0.5) is 10.6 Å². The monoisotopic (exact) mass is 352 g/mol. The number of nitrogens with one attached hydrogen (secondary N) is 1. The summed E-state index contributed by atoms with van der Waals surface area (Å²) in [5.41, 5.74) is 2.41.